The quantitative estimate of drug-likeness (QED) is 0.752. The SMILES string of the molecule is Cn1nc(N=Nc2nn(C)c(C#N)c2C#N)c(C#N)c1C#N. The second-order valence-electron chi connectivity index (χ2n) is 3.99. The predicted molar refractivity (Wildman–Crippen MR) is 69.5 cm³/mol. The number of nitriles is 4. The van der Waals surface area contributed by atoms with Crippen molar-refractivity contribution in [3.63, 3.8) is 0 Å². The molecule has 0 N–H and O–H groups in total. The number of rotatable bonds is 2. The summed E-state index contributed by atoms with van der Waals surface area (Å²) in [5, 5.41) is 51.3. The molecular formula is C12H6N10. The minimum atomic E-state index is -0.0606. The van der Waals surface area contributed by atoms with Crippen LogP contribution in [0.2, 0.25) is 0 Å². The highest BCUT2D eigenvalue weighted by molar-refractivity contribution is 5.57. The van der Waals surface area contributed by atoms with Gasteiger partial charge in [0.15, 0.2) is 11.4 Å². The zero-order chi connectivity index (χ0) is 16.3. The van der Waals surface area contributed by atoms with E-state index >= 15 is 0 Å². The van der Waals surface area contributed by atoms with Gasteiger partial charge in [-0.3, -0.25) is 9.36 Å². The first-order valence-corrected chi connectivity index (χ1v) is 5.73. The molecule has 0 saturated carbocycles. The van der Waals surface area contributed by atoms with Gasteiger partial charge in [0.25, 0.3) is 0 Å². The highest BCUT2D eigenvalue weighted by atomic mass is 15.4. The molecule has 2 aromatic rings. The fourth-order valence-electron chi connectivity index (χ4n) is 1.72. The second kappa shape index (κ2) is 5.54. The summed E-state index contributed by atoms with van der Waals surface area (Å²) in [6.07, 6.45) is 0. The van der Waals surface area contributed by atoms with Crippen LogP contribution in [0.15, 0.2) is 10.2 Å². The van der Waals surface area contributed by atoms with Gasteiger partial charge in [0, 0.05) is 14.1 Å². The van der Waals surface area contributed by atoms with Crippen LogP contribution >= 0.6 is 0 Å². The molecule has 10 nitrogen and oxygen atoms in total. The van der Waals surface area contributed by atoms with Gasteiger partial charge in [0.2, 0.25) is 11.6 Å². The topological polar surface area (TPSA) is 156 Å². The van der Waals surface area contributed by atoms with Crippen LogP contribution < -0.4 is 0 Å². The molecule has 0 amide bonds. The van der Waals surface area contributed by atoms with Crippen molar-refractivity contribution in [2.45, 2.75) is 0 Å². The number of aromatic nitrogens is 4. The van der Waals surface area contributed by atoms with Gasteiger partial charge >= 0.3 is 0 Å². The van der Waals surface area contributed by atoms with Crippen molar-refractivity contribution < 1.29 is 0 Å². The summed E-state index contributed by atoms with van der Waals surface area (Å²) >= 11 is 0. The first kappa shape index (κ1) is 14.4. The summed E-state index contributed by atoms with van der Waals surface area (Å²) in [5.41, 5.74) is 0.0544. The molecule has 2 rings (SSSR count). The third-order valence-electron chi connectivity index (χ3n) is 2.73. The molecule has 0 spiro atoms. The molecule has 2 aromatic heterocycles. The summed E-state index contributed by atoms with van der Waals surface area (Å²) in [6, 6.07) is 7.33. The van der Waals surface area contributed by atoms with Crippen molar-refractivity contribution in [2.75, 3.05) is 0 Å². The molecule has 0 aliphatic heterocycles. The number of aryl methyl sites for hydroxylation is 2. The minimum absolute atomic E-state index is 0.0244. The van der Waals surface area contributed by atoms with Crippen molar-refractivity contribution in [3.8, 4) is 24.3 Å². The average Bonchev–Trinajstić information content (AvgIpc) is 2.99. The van der Waals surface area contributed by atoms with Crippen LogP contribution in [0.3, 0.4) is 0 Å². The molecule has 0 aliphatic carbocycles. The molecule has 22 heavy (non-hydrogen) atoms. The van der Waals surface area contributed by atoms with Crippen LogP contribution in [0.1, 0.15) is 22.5 Å². The van der Waals surface area contributed by atoms with Gasteiger partial charge in [0.05, 0.1) is 0 Å². The van der Waals surface area contributed by atoms with Crippen LogP contribution in [0.25, 0.3) is 0 Å². The normalized spacial score (nSPS) is 9.91. The Morgan fingerprint density at radius 3 is 1.36 bits per heavy atom. The summed E-state index contributed by atoms with van der Waals surface area (Å²) in [7, 11) is 2.99. The van der Waals surface area contributed by atoms with Crippen molar-refractivity contribution in [2.24, 2.45) is 24.3 Å². The van der Waals surface area contributed by atoms with E-state index in [0.29, 0.717) is 0 Å². The molecule has 0 fully saturated rings. The molecule has 0 aliphatic rings. The van der Waals surface area contributed by atoms with Gasteiger partial charge < -0.3 is 0 Å². The lowest BCUT2D eigenvalue weighted by atomic mass is 10.2. The lowest BCUT2D eigenvalue weighted by molar-refractivity contribution is 0.749. The van der Waals surface area contributed by atoms with Gasteiger partial charge in [0.1, 0.15) is 35.4 Å². The van der Waals surface area contributed by atoms with Crippen LogP contribution in [-0.4, -0.2) is 19.6 Å². The van der Waals surface area contributed by atoms with Crippen molar-refractivity contribution >= 4 is 11.6 Å². The molecule has 0 bridgehead atoms. The van der Waals surface area contributed by atoms with E-state index in [-0.39, 0.29) is 34.2 Å². The first-order chi connectivity index (χ1) is 10.6. The Bertz CT molecular complexity index is 866. The Morgan fingerprint density at radius 1 is 0.727 bits per heavy atom. The summed E-state index contributed by atoms with van der Waals surface area (Å²) in [5.74, 6) is -0.121. The summed E-state index contributed by atoms with van der Waals surface area (Å²) < 4.78 is 2.41. The lowest BCUT2D eigenvalue weighted by Gasteiger charge is -1.85. The van der Waals surface area contributed by atoms with Crippen LogP contribution in [0, 0.1) is 45.3 Å². The van der Waals surface area contributed by atoms with E-state index in [9.17, 15) is 0 Å². The Kier molecular flexibility index (Phi) is 3.62. The van der Waals surface area contributed by atoms with Gasteiger partial charge in [-0.2, -0.15) is 21.0 Å². The largest absolute Gasteiger partial charge is 0.254 e. The monoisotopic (exact) mass is 290 g/mol. The molecule has 10 heteroatoms. The Morgan fingerprint density at radius 2 is 1.09 bits per heavy atom. The smallest absolute Gasteiger partial charge is 0.214 e. The third-order valence-corrected chi connectivity index (χ3v) is 2.73. The average molecular weight is 290 g/mol. The van der Waals surface area contributed by atoms with E-state index in [1.807, 2.05) is 24.3 Å². The molecule has 0 atom stereocenters. The highest BCUT2D eigenvalue weighted by Gasteiger charge is 2.18. The van der Waals surface area contributed by atoms with E-state index in [4.69, 9.17) is 21.0 Å². The van der Waals surface area contributed by atoms with Gasteiger partial charge in [-0.25, -0.2) is 0 Å². The molecule has 0 radical (unpaired) electrons. The molecule has 104 valence electrons. The third kappa shape index (κ3) is 2.14. The zero-order valence-corrected chi connectivity index (χ0v) is 11.5. The molecule has 0 unspecified atom stereocenters. The van der Waals surface area contributed by atoms with Crippen LogP contribution in [-0.2, 0) is 14.1 Å². The summed E-state index contributed by atoms with van der Waals surface area (Å²) in [6.45, 7) is 0. The van der Waals surface area contributed by atoms with Crippen LogP contribution in [0.5, 0.6) is 0 Å². The predicted octanol–water partition coefficient (Wildman–Crippen LogP) is 1.06. The van der Waals surface area contributed by atoms with Crippen molar-refractivity contribution in [1.29, 1.82) is 21.0 Å². The van der Waals surface area contributed by atoms with E-state index in [2.05, 4.69) is 20.4 Å². The van der Waals surface area contributed by atoms with E-state index in [0.717, 1.165) is 0 Å². The summed E-state index contributed by atoms with van der Waals surface area (Å²) in [4.78, 5) is 0. The van der Waals surface area contributed by atoms with Gasteiger partial charge in [-0.05, 0) is 0 Å². The van der Waals surface area contributed by atoms with Crippen molar-refractivity contribution in [3.05, 3.63) is 22.5 Å². The number of nitrogens with zero attached hydrogens (tertiary/aromatic N) is 10. The fourth-order valence-corrected chi connectivity index (χ4v) is 1.72. The Labute approximate surface area is 124 Å². The standard InChI is InChI=1S/C12H6N10/c1-21-9(5-15)7(3-13)11(19-21)17-18-12-8(4-14)10(6-16)22(2)20-12/h1-2H3. The van der Waals surface area contributed by atoms with E-state index < -0.39 is 0 Å². The zero-order valence-electron chi connectivity index (χ0n) is 11.5. The first-order valence-electron chi connectivity index (χ1n) is 5.73. The maximum Gasteiger partial charge on any atom is 0.214 e. The number of hydrogen-bond donors (Lipinski definition) is 0. The number of azo groups is 1. The lowest BCUT2D eigenvalue weighted by Crippen LogP contribution is -1.93. The fraction of sp³-hybridized carbons (Fsp3) is 0.167. The second-order valence-corrected chi connectivity index (χ2v) is 3.99. The Hall–Kier alpha value is -4.02. The maximum absolute atomic E-state index is 9.06. The van der Waals surface area contributed by atoms with Crippen molar-refractivity contribution in [1.82, 2.24) is 19.6 Å². The van der Waals surface area contributed by atoms with E-state index in [1.165, 1.54) is 23.5 Å². The number of hydrogen-bond acceptors (Lipinski definition) is 8. The highest BCUT2D eigenvalue weighted by Crippen LogP contribution is 2.25. The van der Waals surface area contributed by atoms with Gasteiger partial charge in [-0.1, -0.05) is 0 Å². The molecule has 2 heterocycles. The van der Waals surface area contributed by atoms with Crippen LogP contribution in [0.4, 0.5) is 11.6 Å². The minimum Gasteiger partial charge on any atom is -0.254 e. The molecular weight excluding hydrogens is 284 g/mol. The van der Waals surface area contributed by atoms with Gasteiger partial charge in [-0.15, -0.1) is 20.4 Å². The Balaban J connectivity index is 2.53. The maximum atomic E-state index is 9.06. The molecule has 0 saturated heterocycles. The molecule has 0 aromatic carbocycles. The van der Waals surface area contributed by atoms with E-state index in [1.54, 1.807) is 0 Å².